The van der Waals surface area contributed by atoms with E-state index in [4.69, 9.17) is 14.0 Å². The molecule has 1 N–H and O–H groups in total. The van der Waals surface area contributed by atoms with Gasteiger partial charge in [0.05, 0.1) is 6.26 Å². The largest absolute Gasteiger partial charge is 0.457 e. The number of fused-ring (bicyclic) bond motifs is 1. The van der Waals surface area contributed by atoms with Crippen LogP contribution in [0, 0.1) is 6.92 Å². The second-order valence-electron chi connectivity index (χ2n) is 12.5. The molecule has 0 unspecified atom stereocenters. The van der Waals surface area contributed by atoms with Gasteiger partial charge < -0.3 is 9.47 Å². The predicted molar refractivity (Wildman–Crippen MR) is 220 cm³/mol. The zero-order chi connectivity index (χ0) is 39.4. The molecule has 7 rings (SSSR count). The standard InChI is InChI=1S/C44H32O4.C2H6.CH4O3S/c1-30-11-15-33(16-12-30)43(45)35-19-23-37(24-20-35)47-41-27-28-42(40-10-6-5-9-39(40)41)48-38-25-21-36(22-26-38)44(46)34-17-13-32(14-18-34)29-31-7-3-2-4-8-31;1-2;1-5(2,3)4/h2-28H,29H2,1H3;1-2H3;1H3,(H,2,3,4). The summed E-state index contributed by atoms with van der Waals surface area (Å²) in [6.07, 6.45) is 1.54. The molecule has 0 bridgehead atoms. The van der Waals surface area contributed by atoms with E-state index in [9.17, 15) is 18.0 Å². The molecule has 0 fully saturated rings. The Morgan fingerprint density at radius 2 is 0.818 bits per heavy atom. The lowest BCUT2D eigenvalue weighted by molar-refractivity contribution is 0.103. The number of hydrogen-bond donors (Lipinski definition) is 1. The molecule has 55 heavy (non-hydrogen) atoms. The molecular formula is C47H42O7S. The van der Waals surface area contributed by atoms with E-state index >= 15 is 0 Å². The Balaban J connectivity index is 0.000000768. The molecule has 0 aliphatic rings. The van der Waals surface area contributed by atoms with Crippen LogP contribution < -0.4 is 9.47 Å². The Labute approximate surface area is 322 Å². The highest BCUT2D eigenvalue weighted by Crippen LogP contribution is 2.37. The maximum absolute atomic E-state index is 13.2. The van der Waals surface area contributed by atoms with Gasteiger partial charge in [-0.25, -0.2) is 0 Å². The molecule has 0 aliphatic heterocycles. The minimum Gasteiger partial charge on any atom is -0.457 e. The fourth-order valence-corrected chi connectivity index (χ4v) is 5.67. The van der Waals surface area contributed by atoms with E-state index in [0.29, 0.717) is 51.5 Å². The lowest BCUT2D eigenvalue weighted by Crippen LogP contribution is -2.01. The minimum atomic E-state index is -3.67. The van der Waals surface area contributed by atoms with Crippen LogP contribution in [0.4, 0.5) is 0 Å². The number of carbonyl (C=O) groups excluding carboxylic acids is 2. The average Bonchev–Trinajstić information content (AvgIpc) is 3.20. The van der Waals surface area contributed by atoms with Crippen LogP contribution >= 0.6 is 0 Å². The summed E-state index contributed by atoms with van der Waals surface area (Å²) in [5.74, 6) is 2.53. The molecule has 0 saturated carbocycles. The van der Waals surface area contributed by atoms with Gasteiger partial charge in [0.1, 0.15) is 23.0 Å². The zero-order valence-corrected chi connectivity index (χ0v) is 31.9. The Bertz CT molecular complexity index is 2450. The quantitative estimate of drug-likeness (QED) is 0.110. The summed E-state index contributed by atoms with van der Waals surface area (Å²) in [6, 6.07) is 51.7. The van der Waals surface area contributed by atoms with Crippen molar-refractivity contribution in [1.82, 2.24) is 0 Å². The number of rotatable bonds is 10. The van der Waals surface area contributed by atoms with Crippen LogP contribution in [0.25, 0.3) is 10.8 Å². The van der Waals surface area contributed by atoms with Gasteiger partial charge in [-0.2, -0.15) is 8.42 Å². The van der Waals surface area contributed by atoms with Crippen molar-refractivity contribution in [1.29, 1.82) is 0 Å². The van der Waals surface area contributed by atoms with Crippen molar-refractivity contribution in [3.8, 4) is 23.0 Å². The van der Waals surface area contributed by atoms with Crippen LogP contribution in [-0.4, -0.2) is 30.8 Å². The molecule has 7 nitrogen and oxygen atoms in total. The number of ketones is 2. The molecule has 0 atom stereocenters. The van der Waals surface area contributed by atoms with Crippen molar-refractivity contribution >= 4 is 32.5 Å². The lowest BCUT2D eigenvalue weighted by atomic mass is 9.99. The first-order valence-corrected chi connectivity index (χ1v) is 19.6. The second kappa shape index (κ2) is 18.6. The molecule has 0 amide bonds. The molecule has 278 valence electrons. The fourth-order valence-electron chi connectivity index (χ4n) is 5.67. The molecule has 0 saturated heterocycles. The second-order valence-corrected chi connectivity index (χ2v) is 13.9. The Hall–Kier alpha value is -6.35. The van der Waals surface area contributed by atoms with Crippen molar-refractivity contribution in [3.05, 3.63) is 203 Å². The smallest absolute Gasteiger partial charge is 0.261 e. The van der Waals surface area contributed by atoms with E-state index in [-0.39, 0.29) is 11.6 Å². The van der Waals surface area contributed by atoms with Crippen molar-refractivity contribution in [2.75, 3.05) is 6.26 Å². The summed E-state index contributed by atoms with van der Waals surface area (Å²) in [4.78, 5) is 26.1. The summed E-state index contributed by atoms with van der Waals surface area (Å²) in [6.45, 7) is 6.00. The summed E-state index contributed by atoms with van der Waals surface area (Å²) < 4.78 is 38.4. The third kappa shape index (κ3) is 11.3. The SMILES string of the molecule is CC.CS(=O)(=O)O.Cc1ccc(C(=O)c2ccc(Oc3ccc(Oc4ccc(C(=O)c5ccc(Cc6ccccc6)cc5)cc4)c4ccccc34)cc2)cc1. The van der Waals surface area contributed by atoms with E-state index in [1.54, 1.807) is 24.3 Å². The van der Waals surface area contributed by atoms with Gasteiger partial charge in [-0.1, -0.05) is 123 Å². The first kappa shape index (κ1) is 39.8. The predicted octanol–water partition coefficient (Wildman–Crippen LogP) is 11.3. The monoisotopic (exact) mass is 750 g/mol. The van der Waals surface area contributed by atoms with Gasteiger partial charge in [0, 0.05) is 33.0 Å². The summed E-state index contributed by atoms with van der Waals surface area (Å²) in [7, 11) is -3.67. The van der Waals surface area contributed by atoms with Crippen LogP contribution in [0.5, 0.6) is 23.0 Å². The van der Waals surface area contributed by atoms with Crippen LogP contribution in [0.15, 0.2) is 164 Å². The van der Waals surface area contributed by atoms with E-state index in [1.165, 1.54) is 5.56 Å². The average molecular weight is 751 g/mol. The topological polar surface area (TPSA) is 107 Å². The first-order valence-electron chi connectivity index (χ1n) is 17.8. The summed E-state index contributed by atoms with van der Waals surface area (Å²) >= 11 is 0. The van der Waals surface area contributed by atoms with Gasteiger partial charge in [0.15, 0.2) is 11.6 Å². The maximum Gasteiger partial charge on any atom is 0.261 e. The first-order chi connectivity index (χ1) is 26.5. The van der Waals surface area contributed by atoms with Gasteiger partial charge in [-0.3, -0.25) is 14.1 Å². The van der Waals surface area contributed by atoms with E-state index in [1.807, 2.05) is 148 Å². The van der Waals surface area contributed by atoms with Crippen molar-refractivity contribution < 1.29 is 32.0 Å². The highest BCUT2D eigenvalue weighted by Gasteiger charge is 2.14. The van der Waals surface area contributed by atoms with Crippen LogP contribution in [-0.2, 0) is 16.5 Å². The third-order valence-electron chi connectivity index (χ3n) is 8.31. The Morgan fingerprint density at radius 3 is 1.22 bits per heavy atom. The molecule has 0 heterocycles. The highest BCUT2D eigenvalue weighted by molar-refractivity contribution is 7.85. The number of ether oxygens (including phenoxy) is 2. The van der Waals surface area contributed by atoms with Gasteiger partial charge in [0.2, 0.25) is 0 Å². The number of benzene rings is 7. The molecule has 0 aliphatic carbocycles. The Kier molecular flexibility index (Phi) is 13.5. The van der Waals surface area contributed by atoms with E-state index in [2.05, 4.69) is 12.1 Å². The van der Waals surface area contributed by atoms with Gasteiger partial charge in [0.25, 0.3) is 10.1 Å². The molecular weight excluding hydrogens is 709 g/mol. The molecule has 7 aromatic carbocycles. The Morgan fingerprint density at radius 1 is 0.491 bits per heavy atom. The van der Waals surface area contributed by atoms with Gasteiger partial charge in [-0.15, -0.1) is 0 Å². The van der Waals surface area contributed by atoms with Crippen LogP contribution in [0.2, 0.25) is 0 Å². The van der Waals surface area contributed by atoms with E-state index < -0.39 is 10.1 Å². The fraction of sp³-hybridized carbons (Fsp3) is 0.106. The summed E-state index contributed by atoms with van der Waals surface area (Å²) in [5, 5.41) is 1.77. The molecule has 0 spiro atoms. The van der Waals surface area contributed by atoms with Gasteiger partial charge in [-0.05, 0) is 85.1 Å². The third-order valence-corrected chi connectivity index (χ3v) is 8.31. The highest BCUT2D eigenvalue weighted by atomic mass is 32.2. The number of hydrogen-bond acceptors (Lipinski definition) is 6. The molecule has 8 heteroatoms. The van der Waals surface area contributed by atoms with Crippen molar-refractivity contribution in [3.63, 3.8) is 0 Å². The molecule has 0 radical (unpaired) electrons. The number of aryl methyl sites for hydroxylation is 1. The van der Waals surface area contributed by atoms with Gasteiger partial charge >= 0.3 is 0 Å². The molecule has 7 aromatic rings. The number of carbonyl (C=O) groups is 2. The maximum atomic E-state index is 13.2. The van der Waals surface area contributed by atoms with Crippen molar-refractivity contribution in [2.24, 2.45) is 0 Å². The van der Waals surface area contributed by atoms with E-state index in [0.717, 1.165) is 28.3 Å². The van der Waals surface area contributed by atoms with Crippen LogP contribution in [0.1, 0.15) is 62.4 Å². The molecule has 0 aromatic heterocycles. The zero-order valence-electron chi connectivity index (χ0n) is 31.1. The normalized spacial score (nSPS) is 10.6. The minimum absolute atomic E-state index is 0.0286. The lowest BCUT2D eigenvalue weighted by Gasteiger charge is -2.14. The summed E-state index contributed by atoms with van der Waals surface area (Å²) in [5.41, 5.74) is 6.01. The van der Waals surface area contributed by atoms with Crippen molar-refractivity contribution in [2.45, 2.75) is 27.2 Å². The van der Waals surface area contributed by atoms with Crippen LogP contribution in [0.3, 0.4) is 0 Å².